The molecule has 0 radical (unpaired) electrons. The number of esters is 1. The Balaban J connectivity index is 1.92. The molecule has 160 valence electrons. The third-order valence-electron chi connectivity index (χ3n) is 5.83. The molecule has 1 aliphatic rings. The second-order valence-corrected chi connectivity index (χ2v) is 8.24. The monoisotopic (exact) mass is 415 g/mol. The standard InChI is InChI=1S/C26H29N3O2/c1-6-27-20-11-16-24-23(17-20)25(30)31-26(24,18-7-12-21(13-8-18)28(2)3)19-9-14-22(15-10-19)29(4)5/h7-17,27H,6H2,1-5H3. The maximum absolute atomic E-state index is 13.1. The fourth-order valence-electron chi connectivity index (χ4n) is 4.17. The van der Waals surface area contributed by atoms with E-state index in [0.29, 0.717) is 5.56 Å². The van der Waals surface area contributed by atoms with Crippen LogP contribution in [0.2, 0.25) is 0 Å². The van der Waals surface area contributed by atoms with E-state index in [2.05, 4.69) is 63.6 Å². The highest BCUT2D eigenvalue weighted by atomic mass is 16.6. The molecule has 1 N–H and O–H groups in total. The Morgan fingerprint density at radius 2 is 1.32 bits per heavy atom. The lowest BCUT2D eigenvalue weighted by Gasteiger charge is -2.31. The molecule has 0 unspecified atom stereocenters. The van der Waals surface area contributed by atoms with E-state index in [-0.39, 0.29) is 5.97 Å². The lowest BCUT2D eigenvalue weighted by Crippen LogP contribution is -2.29. The number of hydrogen-bond acceptors (Lipinski definition) is 5. The second kappa shape index (κ2) is 7.99. The van der Waals surface area contributed by atoms with Crippen molar-refractivity contribution in [3.05, 3.63) is 89.0 Å². The van der Waals surface area contributed by atoms with Gasteiger partial charge in [-0.2, -0.15) is 0 Å². The van der Waals surface area contributed by atoms with E-state index in [1.807, 2.05) is 53.3 Å². The lowest BCUT2D eigenvalue weighted by atomic mass is 9.79. The Morgan fingerprint density at radius 1 is 0.806 bits per heavy atom. The Labute approximate surface area is 184 Å². The minimum Gasteiger partial charge on any atom is -0.441 e. The van der Waals surface area contributed by atoms with Gasteiger partial charge in [-0.1, -0.05) is 30.3 Å². The fourth-order valence-corrected chi connectivity index (χ4v) is 4.17. The number of nitrogens with one attached hydrogen (secondary N) is 1. The van der Waals surface area contributed by atoms with Crippen molar-refractivity contribution in [3.8, 4) is 0 Å². The largest absolute Gasteiger partial charge is 0.441 e. The quantitative estimate of drug-likeness (QED) is 0.591. The molecule has 0 aromatic heterocycles. The number of benzene rings is 3. The van der Waals surface area contributed by atoms with Crippen LogP contribution in [0.1, 0.15) is 34.0 Å². The number of hydrogen-bond donors (Lipinski definition) is 1. The predicted octanol–water partition coefficient (Wildman–Crippen LogP) is 4.71. The zero-order valence-corrected chi connectivity index (χ0v) is 18.8. The average Bonchev–Trinajstić information content (AvgIpc) is 3.07. The number of nitrogens with zero attached hydrogens (tertiary/aromatic N) is 2. The van der Waals surface area contributed by atoms with Crippen LogP contribution < -0.4 is 15.1 Å². The van der Waals surface area contributed by atoms with Gasteiger partial charge in [-0.15, -0.1) is 0 Å². The van der Waals surface area contributed by atoms with E-state index in [1.54, 1.807) is 0 Å². The first-order valence-electron chi connectivity index (χ1n) is 10.5. The molecule has 0 spiro atoms. The van der Waals surface area contributed by atoms with Crippen LogP contribution in [0.3, 0.4) is 0 Å². The number of fused-ring (bicyclic) bond motifs is 1. The van der Waals surface area contributed by atoms with Crippen molar-refractivity contribution >= 4 is 23.0 Å². The zero-order valence-electron chi connectivity index (χ0n) is 18.8. The molecule has 0 fully saturated rings. The molecule has 0 bridgehead atoms. The highest BCUT2D eigenvalue weighted by Crippen LogP contribution is 2.48. The van der Waals surface area contributed by atoms with Gasteiger partial charge in [0, 0.05) is 68.5 Å². The van der Waals surface area contributed by atoms with Crippen LogP contribution in [-0.2, 0) is 10.3 Å². The number of anilines is 3. The van der Waals surface area contributed by atoms with E-state index in [4.69, 9.17) is 4.74 Å². The van der Waals surface area contributed by atoms with Gasteiger partial charge in [0.1, 0.15) is 0 Å². The smallest absolute Gasteiger partial charge is 0.340 e. The summed E-state index contributed by atoms with van der Waals surface area (Å²) >= 11 is 0. The summed E-state index contributed by atoms with van der Waals surface area (Å²) in [6, 6.07) is 22.4. The molecule has 3 aromatic rings. The van der Waals surface area contributed by atoms with Gasteiger partial charge in [0.25, 0.3) is 0 Å². The van der Waals surface area contributed by atoms with Crippen LogP contribution in [0.15, 0.2) is 66.7 Å². The molecule has 5 nitrogen and oxygen atoms in total. The van der Waals surface area contributed by atoms with Crippen molar-refractivity contribution in [2.45, 2.75) is 12.5 Å². The molecule has 4 rings (SSSR count). The predicted molar refractivity (Wildman–Crippen MR) is 127 cm³/mol. The number of carbonyl (C=O) groups excluding carboxylic acids is 1. The summed E-state index contributed by atoms with van der Waals surface area (Å²) in [5, 5.41) is 3.29. The molecule has 0 amide bonds. The van der Waals surface area contributed by atoms with Crippen molar-refractivity contribution in [1.29, 1.82) is 0 Å². The van der Waals surface area contributed by atoms with Crippen LogP contribution in [0.5, 0.6) is 0 Å². The first kappa shape index (κ1) is 20.8. The van der Waals surface area contributed by atoms with E-state index in [9.17, 15) is 4.79 Å². The number of cyclic esters (lactones) is 1. The van der Waals surface area contributed by atoms with Gasteiger partial charge in [-0.05, 0) is 43.3 Å². The summed E-state index contributed by atoms with van der Waals surface area (Å²) < 4.78 is 6.23. The molecule has 1 heterocycles. The topological polar surface area (TPSA) is 44.8 Å². The van der Waals surface area contributed by atoms with E-state index in [0.717, 1.165) is 40.3 Å². The first-order valence-corrected chi connectivity index (χ1v) is 10.5. The minimum atomic E-state index is -0.979. The van der Waals surface area contributed by atoms with Crippen molar-refractivity contribution in [3.63, 3.8) is 0 Å². The van der Waals surface area contributed by atoms with Crippen LogP contribution in [0.25, 0.3) is 0 Å². The highest BCUT2D eigenvalue weighted by Gasteiger charge is 2.48. The number of rotatable bonds is 6. The summed E-state index contributed by atoms with van der Waals surface area (Å²) in [7, 11) is 8.05. The van der Waals surface area contributed by atoms with Crippen molar-refractivity contribution in [2.24, 2.45) is 0 Å². The molecule has 31 heavy (non-hydrogen) atoms. The summed E-state index contributed by atoms with van der Waals surface area (Å²) in [4.78, 5) is 17.2. The third kappa shape index (κ3) is 3.50. The molecule has 0 atom stereocenters. The zero-order chi connectivity index (χ0) is 22.2. The van der Waals surface area contributed by atoms with Crippen LogP contribution in [0.4, 0.5) is 17.1 Å². The minimum absolute atomic E-state index is 0.303. The summed E-state index contributed by atoms with van der Waals surface area (Å²) in [6.07, 6.45) is 0. The van der Waals surface area contributed by atoms with Crippen molar-refractivity contribution < 1.29 is 9.53 Å². The van der Waals surface area contributed by atoms with E-state index < -0.39 is 5.60 Å². The van der Waals surface area contributed by atoms with Gasteiger partial charge in [-0.25, -0.2) is 4.79 Å². The van der Waals surface area contributed by atoms with Crippen LogP contribution >= 0.6 is 0 Å². The average molecular weight is 416 g/mol. The third-order valence-corrected chi connectivity index (χ3v) is 5.83. The van der Waals surface area contributed by atoms with E-state index in [1.165, 1.54) is 0 Å². The molecular formula is C26H29N3O2. The van der Waals surface area contributed by atoms with Gasteiger partial charge < -0.3 is 19.9 Å². The normalized spacial score (nSPS) is 14.0. The lowest BCUT2D eigenvalue weighted by molar-refractivity contribution is 0.0251. The summed E-state index contributed by atoms with van der Waals surface area (Å²) in [6.45, 7) is 2.82. The highest BCUT2D eigenvalue weighted by molar-refractivity contribution is 5.97. The van der Waals surface area contributed by atoms with Crippen molar-refractivity contribution in [2.75, 3.05) is 49.9 Å². The maximum atomic E-state index is 13.1. The second-order valence-electron chi connectivity index (χ2n) is 8.24. The van der Waals surface area contributed by atoms with Gasteiger partial charge in [-0.3, -0.25) is 0 Å². The molecule has 0 saturated carbocycles. The molecule has 1 aliphatic heterocycles. The van der Waals surface area contributed by atoms with Gasteiger partial charge in [0.05, 0.1) is 5.56 Å². The van der Waals surface area contributed by atoms with Crippen LogP contribution in [0, 0.1) is 0 Å². The van der Waals surface area contributed by atoms with Gasteiger partial charge >= 0.3 is 5.97 Å². The molecule has 3 aromatic carbocycles. The van der Waals surface area contributed by atoms with E-state index >= 15 is 0 Å². The van der Waals surface area contributed by atoms with Gasteiger partial charge in [0.2, 0.25) is 0 Å². The molecular weight excluding hydrogens is 386 g/mol. The molecule has 0 saturated heterocycles. The number of carbonyl (C=O) groups is 1. The molecule has 0 aliphatic carbocycles. The van der Waals surface area contributed by atoms with Gasteiger partial charge in [0.15, 0.2) is 5.60 Å². The Bertz CT molecular complexity index is 1040. The molecule has 5 heteroatoms. The van der Waals surface area contributed by atoms with Crippen LogP contribution in [-0.4, -0.2) is 40.7 Å². The summed E-state index contributed by atoms with van der Waals surface area (Å²) in [5.74, 6) is -0.303. The Hall–Kier alpha value is -3.47. The Morgan fingerprint density at radius 3 is 1.77 bits per heavy atom. The number of ether oxygens (including phenoxy) is 1. The summed E-state index contributed by atoms with van der Waals surface area (Å²) in [5.41, 5.74) is 5.45. The van der Waals surface area contributed by atoms with Crippen molar-refractivity contribution in [1.82, 2.24) is 0 Å². The SMILES string of the molecule is CCNc1ccc2c(c1)C(=O)OC2(c1ccc(N(C)C)cc1)c1ccc(N(C)C)cc1. The first-order chi connectivity index (χ1) is 14.9. The fraction of sp³-hybridized carbons (Fsp3) is 0.269. The Kier molecular flexibility index (Phi) is 5.36. The maximum Gasteiger partial charge on any atom is 0.340 e.